The number of aliphatic hydroxyl groups is 1. The SMILES string of the molecule is O=C(O)c1ccc(C(=O)N(CCCO)C2CCC2)nc1. The molecule has 1 heterocycles. The summed E-state index contributed by atoms with van der Waals surface area (Å²) >= 11 is 0. The Balaban J connectivity index is 2.11. The lowest BCUT2D eigenvalue weighted by Gasteiger charge is -2.37. The van der Waals surface area contributed by atoms with E-state index < -0.39 is 5.97 Å². The van der Waals surface area contributed by atoms with Crippen molar-refractivity contribution in [3.05, 3.63) is 29.6 Å². The van der Waals surface area contributed by atoms with E-state index in [0.717, 1.165) is 19.3 Å². The molecule has 0 radical (unpaired) electrons. The Bertz CT molecular complexity index is 482. The summed E-state index contributed by atoms with van der Waals surface area (Å²) in [7, 11) is 0. The van der Waals surface area contributed by atoms with Gasteiger partial charge in [-0.1, -0.05) is 0 Å². The van der Waals surface area contributed by atoms with Gasteiger partial charge in [0.05, 0.1) is 5.56 Å². The van der Waals surface area contributed by atoms with E-state index in [1.165, 1.54) is 18.3 Å². The average Bonchev–Trinajstić information content (AvgIpc) is 2.40. The molecule has 0 aromatic carbocycles. The molecule has 2 N–H and O–H groups in total. The Morgan fingerprint density at radius 1 is 1.35 bits per heavy atom. The molecule has 1 amide bonds. The van der Waals surface area contributed by atoms with Crippen molar-refractivity contribution in [3.63, 3.8) is 0 Å². The molecule has 6 nitrogen and oxygen atoms in total. The highest BCUT2D eigenvalue weighted by Crippen LogP contribution is 2.26. The van der Waals surface area contributed by atoms with Crippen LogP contribution in [0.25, 0.3) is 0 Å². The number of hydrogen-bond acceptors (Lipinski definition) is 4. The summed E-state index contributed by atoms with van der Waals surface area (Å²) in [4.78, 5) is 28.8. The molecule has 0 saturated heterocycles. The molecule has 0 spiro atoms. The summed E-state index contributed by atoms with van der Waals surface area (Å²) in [6, 6.07) is 3.04. The lowest BCUT2D eigenvalue weighted by molar-refractivity contribution is 0.0555. The fraction of sp³-hybridized carbons (Fsp3) is 0.500. The van der Waals surface area contributed by atoms with Gasteiger partial charge in [-0.15, -0.1) is 0 Å². The van der Waals surface area contributed by atoms with Crippen molar-refractivity contribution in [2.24, 2.45) is 0 Å². The molecule has 1 aromatic rings. The van der Waals surface area contributed by atoms with Gasteiger partial charge in [-0.2, -0.15) is 0 Å². The van der Waals surface area contributed by atoms with E-state index in [4.69, 9.17) is 10.2 Å². The quantitative estimate of drug-likeness (QED) is 0.814. The maximum absolute atomic E-state index is 12.4. The maximum atomic E-state index is 12.4. The first kappa shape index (κ1) is 14.5. The Morgan fingerprint density at radius 2 is 2.10 bits per heavy atom. The van der Waals surface area contributed by atoms with Crippen LogP contribution in [-0.2, 0) is 0 Å². The van der Waals surface area contributed by atoms with Crippen molar-refractivity contribution in [2.45, 2.75) is 31.7 Å². The fourth-order valence-corrected chi connectivity index (χ4v) is 2.18. The number of carbonyl (C=O) groups is 2. The Hall–Kier alpha value is -1.95. The van der Waals surface area contributed by atoms with Crippen LogP contribution in [0.15, 0.2) is 18.3 Å². The van der Waals surface area contributed by atoms with Gasteiger partial charge in [0.2, 0.25) is 0 Å². The van der Waals surface area contributed by atoms with Crippen LogP contribution in [0.2, 0.25) is 0 Å². The second kappa shape index (κ2) is 6.47. The predicted molar refractivity (Wildman–Crippen MR) is 71.6 cm³/mol. The van der Waals surface area contributed by atoms with Gasteiger partial charge in [0.1, 0.15) is 5.69 Å². The monoisotopic (exact) mass is 278 g/mol. The highest BCUT2D eigenvalue weighted by atomic mass is 16.4. The van der Waals surface area contributed by atoms with Crippen molar-refractivity contribution >= 4 is 11.9 Å². The molecule has 0 atom stereocenters. The van der Waals surface area contributed by atoms with Crippen LogP contribution in [-0.4, -0.2) is 51.2 Å². The van der Waals surface area contributed by atoms with E-state index in [9.17, 15) is 9.59 Å². The molecule has 1 aromatic heterocycles. The summed E-state index contributed by atoms with van der Waals surface area (Å²) in [6.45, 7) is 0.546. The number of carboxylic acid groups (broad SMARTS) is 1. The normalized spacial score (nSPS) is 14.7. The summed E-state index contributed by atoms with van der Waals surface area (Å²) in [5, 5.41) is 17.7. The number of hydrogen-bond donors (Lipinski definition) is 2. The number of nitrogens with zero attached hydrogens (tertiary/aromatic N) is 2. The van der Waals surface area contributed by atoms with Gasteiger partial charge in [0, 0.05) is 25.4 Å². The zero-order valence-corrected chi connectivity index (χ0v) is 11.2. The second-order valence-corrected chi connectivity index (χ2v) is 4.90. The van der Waals surface area contributed by atoms with E-state index in [1.807, 2.05) is 0 Å². The van der Waals surface area contributed by atoms with E-state index in [0.29, 0.717) is 13.0 Å². The van der Waals surface area contributed by atoms with Gasteiger partial charge >= 0.3 is 5.97 Å². The van der Waals surface area contributed by atoms with Crippen molar-refractivity contribution in [1.29, 1.82) is 0 Å². The highest BCUT2D eigenvalue weighted by molar-refractivity contribution is 5.94. The van der Waals surface area contributed by atoms with Gasteiger partial charge in [0.25, 0.3) is 5.91 Å². The standard InChI is InChI=1S/C14H18N2O4/c17-8-2-7-16(11-3-1-4-11)13(18)12-6-5-10(9-15-12)14(19)20/h5-6,9,11,17H,1-4,7-8H2,(H,19,20). The number of aliphatic hydroxyl groups excluding tert-OH is 1. The summed E-state index contributed by atoms with van der Waals surface area (Å²) < 4.78 is 0. The molecule has 0 bridgehead atoms. The topological polar surface area (TPSA) is 90.7 Å². The third-order valence-corrected chi connectivity index (χ3v) is 3.56. The van der Waals surface area contributed by atoms with Crippen LogP contribution in [0.1, 0.15) is 46.5 Å². The Labute approximate surface area is 117 Å². The molecule has 108 valence electrons. The molecular formula is C14H18N2O4. The van der Waals surface area contributed by atoms with Gasteiger partial charge in [-0.25, -0.2) is 4.79 Å². The number of pyridine rings is 1. The molecule has 1 fully saturated rings. The summed E-state index contributed by atoms with van der Waals surface area (Å²) in [5.74, 6) is -1.26. The largest absolute Gasteiger partial charge is 0.478 e. The van der Waals surface area contributed by atoms with Crippen LogP contribution in [0.4, 0.5) is 0 Å². The van der Waals surface area contributed by atoms with Gasteiger partial charge in [0.15, 0.2) is 0 Å². The smallest absolute Gasteiger partial charge is 0.337 e. The zero-order valence-electron chi connectivity index (χ0n) is 11.2. The maximum Gasteiger partial charge on any atom is 0.337 e. The Kier molecular flexibility index (Phi) is 4.68. The van der Waals surface area contributed by atoms with E-state index in [2.05, 4.69) is 4.98 Å². The van der Waals surface area contributed by atoms with Gasteiger partial charge in [-0.05, 0) is 37.8 Å². The van der Waals surface area contributed by atoms with Crippen LogP contribution < -0.4 is 0 Å². The minimum atomic E-state index is -1.06. The van der Waals surface area contributed by atoms with Gasteiger partial charge < -0.3 is 15.1 Å². The zero-order chi connectivity index (χ0) is 14.5. The minimum absolute atomic E-state index is 0.0435. The summed E-state index contributed by atoms with van der Waals surface area (Å²) in [5.41, 5.74) is 0.312. The van der Waals surface area contributed by atoms with Crippen molar-refractivity contribution < 1.29 is 19.8 Å². The average molecular weight is 278 g/mol. The third-order valence-electron chi connectivity index (χ3n) is 3.56. The molecule has 1 aliphatic rings. The highest BCUT2D eigenvalue weighted by Gasteiger charge is 2.29. The van der Waals surface area contributed by atoms with E-state index >= 15 is 0 Å². The number of aromatic carboxylic acids is 1. The first-order valence-corrected chi connectivity index (χ1v) is 6.74. The number of aromatic nitrogens is 1. The van der Waals surface area contributed by atoms with Crippen LogP contribution in [0.5, 0.6) is 0 Å². The minimum Gasteiger partial charge on any atom is -0.478 e. The van der Waals surface area contributed by atoms with Crippen LogP contribution in [0.3, 0.4) is 0 Å². The predicted octanol–water partition coefficient (Wildman–Crippen LogP) is 1.16. The first-order valence-electron chi connectivity index (χ1n) is 6.74. The van der Waals surface area contributed by atoms with Crippen LogP contribution in [0, 0.1) is 0 Å². The molecule has 1 saturated carbocycles. The summed E-state index contributed by atoms with van der Waals surface area (Å²) in [6.07, 6.45) is 4.80. The molecule has 1 aliphatic carbocycles. The van der Waals surface area contributed by atoms with Crippen molar-refractivity contribution in [3.8, 4) is 0 Å². The first-order chi connectivity index (χ1) is 9.63. The fourth-order valence-electron chi connectivity index (χ4n) is 2.18. The van der Waals surface area contributed by atoms with E-state index in [1.54, 1.807) is 4.90 Å². The molecule has 2 rings (SSSR count). The van der Waals surface area contributed by atoms with Gasteiger partial charge in [-0.3, -0.25) is 9.78 Å². The molecule has 6 heteroatoms. The lowest BCUT2D eigenvalue weighted by Crippen LogP contribution is -2.45. The van der Waals surface area contributed by atoms with Crippen molar-refractivity contribution in [2.75, 3.05) is 13.2 Å². The number of carboxylic acids is 1. The molecular weight excluding hydrogens is 260 g/mol. The van der Waals surface area contributed by atoms with E-state index in [-0.39, 0.29) is 29.8 Å². The number of amides is 1. The third kappa shape index (κ3) is 3.14. The van der Waals surface area contributed by atoms with Crippen molar-refractivity contribution in [1.82, 2.24) is 9.88 Å². The molecule has 20 heavy (non-hydrogen) atoms. The lowest BCUT2D eigenvalue weighted by atomic mass is 9.91. The molecule has 0 aliphatic heterocycles. The Morgan fingerprint density at radius 3 is 2.55 bits per heavy atom. The van der Waals surface area contributed by atoms with Crippen LogP contribution >= 0.6 is 0 Å². The number of carbonyl (C=O) groups excluding carboxylic acids is 1. The number of rotatable bonds is 6. The second-order valence-electron chi connectivity index (χ2n) is 4.90. The molecule has 0 unspecified atom stereocenters.